The monoisotopic (exact) mass is 229 g/mol. The summed E-state index contributed by atoms with van der Waals surface area (Å²) in [5, 5.41) is 0.611. The lowest BCUT2D eigenvalue weighted by molar-refractivity contribution is 0.203. The number of hydrogen-bond acceptors (Lipinski definition) is 1. The van der Waals surface area contributed by atoms with Crippen LogP contribution in [-0.4, -0.2) is 6.54 Å². The predicted molar refractivity (Wildman–Crippen MR) is 63.1 cm³/mol. The molecule has 0 aliphatic carbocycles. The van der Waals surface area contributed by atoms with Gasteiger partial charge in [-0.25, -0.2) is 4.39 Å². The largest absolute Gasteiger partial charge is 0.327 e. The lowest BCUT2D eigenvalue weighted by Crippen LogP contribution is -2.26. The zero-order valence-corrected chi connectivity index (χ0v) is 10.1. The highest BCUT2D eigenvalue weighted by atomic mass is 35.5. The summed E-state index contributed by atoms with van der Waals surface area (Å²) < 4.78 is 13.9. The Morgan fingerprint density at radius 1 is 1.47 bits per heavy atom. The third-order valence-electron chi connectivity index (χ3n) is 2.61. The van der Waals surface area contributed by atoms with Crippen molar-refractivity contribution in [2.75, 3.05) is 6.54 Å². The van der Waals surface area contributed by atoms with Gasteiger partial charge in [0, 0.05) is 11.6 Å². The second-order valence-corrected chi connectivity index (χ2v) is 4.70. The number of halogens is 2. The van der Waals surface area contributed by atoms with E-state index in [9.17, 15) is 4.39 Å². The summed E-state index contributed by atoms with van der Waals surface area (Å²) in [4.78, 5) is 0. The summed E-state index contributed by atoms with van der Waals surface area (Å²) in [7, 11) is 0. The molecule has 1 aromatic carbocycles. The van der Waals surface area contributed by atoms with E-state index in [2.05, 4.69) is 13.8 Å². The maximum atomic E-state index is 13.9. The molecule has 0 saturated carbocycles. The molecule has 0 aliphatic heterocycles. The van der Waals surface area contributed by atoms with Gasteiger partial charge in [-0.3, -0.25) is 0 Å². The predicted octanol–water partition coefficient (Wildman–Crippen LogP) is 3.61. The molecule has 1 rings (SSSR count). The van der Waals surface area contributed by atoms with Crippen LogP contribution in [0.5, 0.6) is 0 Å². The van der Waals surface area contributed by atoms with Gasteiger partial charge < -0.3 is 5.73 Å². The molecule has 1 nitrogen and oxygen atoms in total. The number of hydrogen-bond donors (Lipinski definition) is 1. The van der Waals surface area contributed by atoms with Gasteiger partial charge in [-0.05, 0) is 30.0 Å². The van der Waals surface area contributed by atoms with Crippen molar-refractivity contribution in [1.82, 2.24) is 0 Å². The van der Waals surface area contributed by atoms with Crippen molar-refractivity contribution in [1.29, 1.82) is 0 Å². The van der Waals surface area contributed by atoms with E-state index in [1.54, 1.807) is 12.1 Å². The van der Waals surface area contributed by atoms with E-state index in [-0.39, 0.29) is 6.54 Å². The topological polar surface area (TPSA) is 26.0 Å². The van der Waals surface area contributed by atoms with E-state index in [4.69, 9.17) is 17.3 Å². The number of rotatable bonds is 3. The van der Waals surface area contributed by atoms with Crippen molar-refractivity contribution >= 4 is 11.6 Å². The van der Waals surface area contributed by atoms with Gasteiger partial charge in [0.15, 0.2) is 0 Å². The molecule has 0 amide bonds. The minimum atomic E-state index is -1.50. The Morgan fingerprint density at radius 2 is 2.07 bits per heavy atom. The summed E-state index contributed by atoms with van der Waals surface area (Å²) in [5.74, 6) is 0.343. The molecule has 0 radical (unpaired) electrons. The molecule has 0 saturated heterocycles. The normalized spacial score (nSPS) is 15.4. The summed E-state index contributed by atoms with van der Waals surface area (Å²) in [6.07, 6.45) is 0. The lowest BCUT2D eigenvalue weighted by Gasteiger charge is -2.20. The van der Waals surface area contributed by atoms with Crippen LogP contribution in [0.25, 0.3) is 0 Å². The van der Waals surface area contributed by atoms with Gasteiger partial charge in [0.05, 0.1) is 0 Å². The van der Waals surface area contributed by atoms with Crippen LogP contribution >= 0.6 is 11.6 Å². The molecule has 2 N–H and O–H groups in total. The Bertz CT molecular complexity index is 347. The van der Waals surface area contributed by atoms with Crippen LogP contribution in [0.15, 0.2) is 18.2 Å². The first-order valence-electron chi connectivity index (χ1n) is 5.07. The zero-order chi connectivity index (χ0) is 11.6. The third kappa shape index (κ3) is 2.70. The van der Waals surface area contributed by atoms with Crippen molar-refractivity contribution in [2.45, 2.75) is 32.4 Å². The van der Waals surface area contributed by atoms with Crippen molar-refractivity contribution in [2.24, 2.45) is 5.73 Å². The maximum Gasteiger partial charge on any atom is 0.145 e. The Hall–Kier alpha value is -0.600. The molecule has 0 heterocycles. The number of benzene rings is 1. The summed E-state index contributed by atoms with van der Waals surface area (Å²) in [6, 6.07) is 5.30. The van der Waals surface area contributed by atoms with E-state index in [0.717, 1.165) is 5.56 Å². The van der Waals surface area contributed by atoms with Gasteiger partial charge in [-0.1, -0.05) is 37.6 Å². The van der Waals surface area contributed by atoms with Crippen molar-refractivity contribution in [3.63, 3.8) is 0 Å². The first kappa shape index (κ1) is 12.5. The molecule has 0 aliphatic rings. The van der Waals surface area contributed by atoms with Gasteiger partial charge in [-0.15, -0.1) is 0 Å². The maximum absolute atomic E-state index is 13.9. The molecule has 0 fully saturated rings. The molecule has 3 heteroatoms. The average molecular weight is 230 g/mol. The average Bonchev–Trinajstić information content (AvgIpc) is 2.17. The van der Waals surface area contributed by atoms with Gasteiger partial charge >= 0.3 is 0 Å². The van der Waals surface area contributed by atoms with Crippen LogP contribution in [0.4, 0.5) is 4.39 Å². The summed E-state index contributed by atoms with van der Waals surface area (Å²) in [6.45, 7) is 5.54. The van der Waals surface area contributed by atoms with Crippen LogP contribution < -0.4 is 5.73 Å². The van der Waals surface area contributed by atoms with Gasteiger partial charge in [-0.2, -0.15) is 0 Å². The van der Waals surface area contributed by atoms with E-state index < -0.39 is 5.67 Å². The van der Waals surface area contributed by atoms with Crippen molar-refractivity contribution in [3.8, 4) is 0 Å². The van der Waals surface area contributed by atoms with Crippen LogP contribution in [0.1, 0.15) is 37.8 Å². The molecule has 84 valence electrons. The Morgan fingerprint density at radius 3 is 2.47 bits per heavy atom. The van der Waals surface area contributed by atoms with Crippen LogP contribution in [0.2, 0.25) is 5.02 Å². The fourth-order valence-electron chi connectivity index (χ4n) is 1.44. The summed E-state index contributed by atoms with van der Waals surface area (Å²) >= 11 is 6.08. The minimum absolute atomic E-state index is 0.0373. The third-order valence-corrected chi connectivity index (χ3v) is 2.94. The first-order valence-corrected chi connectivity index (χ1v) is 5.45. The quantitative estimate of drug-likeness (QED) is 0.842. The first-order chi connectivity index (χ1) is 6.88. The van der Waals surface area contributed by atoms with Crippen LogP contribution in [0, 0.1) is 0 Å². The van der Waals surface area contributed by atoms with Crippen molar-refractivity contribution < 1.29 is 4.39 Å². The molecule has 1 unspecified atom stereocenters. The fraction of sp³-hybridized carbons (Fsp3) is 0.500. The molecule has 1 atom stereocenters. The number of alkyl halides is 1. The highest BCUT2D eigenvalue weighted by molar-refractivity contribution is 6.31. The highest BCUT2D eigenvalue weighted by Crippen LogP contribution is 2.31. The number of nitrogens with two attached hydrogens (primary N) is 1. The van der Waals surface area contributed by atoms with Crippen LogP contribution in [0.3, 0.4) is 0 Å². The van der Waals surface area contributed by atoms with E-state index in [1.807, 2.05) is 6.07 Å². The zero-order valence-electron chi connectivity index (χ0n) is 9.35. The second-order valence-electron chi connectivity index (χ2n) is 4.29. The molecular formula is C12H17ClFN. The van der Waals surface area contributed by atoms with E-state index >= 15 is 0 Å². The molecular weight excluding hydrogens is 213 g/mol. The molecule has 0 aromatic heterocycles. The highest BCUT2D eigenvalue weighted by Gasteiger charge is 2.24. The standard InChI is InChI=1S/C12H17ClFN/c1-8(2)10-5-4-9(6-11(10)13)12(3,14)7-15/h4-6,8H,7,15H2,1-3H3. The minimum Gasteiger partial charge on any atom is -0.327 e. The molecule has 0 spiro atoms. The van der Waals surface area contributed by atoms with Crippen molar-refractivity contribution in [3.05, 3.63) is 34.3 Å². The molecule has 15 heavy (non-hydrogen) atoms. The lowest BCUT2D eigenvalue weighted by atomic mass is 9.94. The second kappa shape index (κ2) is 4.50. The fourth-order valence-corrected chi connectivity index (χ4v) is 1.84. The Labute approximate surface area is 95.4 Å². The van der Waals surface area contributed by atoms with Gasteiger partial charge in [0.25, 0.3) is 0 Å². The van der Waals surface area contributed by atoms with Gasteiger partial charge in [0.1, 0.15) is 5.67 Å². The smallest absolute Gasteiger partial charge is 0.145 e. The Kier molecular flexibility index (Phi) is 3.74. The van der Waals surface area contributed by atoms with Crippen LogP contribution in [-0.2, 0) is 5.67 Å². The SMILES string of the molecule is CC(C)c1ccc(C(C)(F)CN)cc1Cl. The Balaban J connectivity index is 3.12. The summed E-state index contributed by atoms with van der Waals surface area (Å²) in [5.41, 5.74) is 5.44. The molecule has 1 aromatic rings. The molecule has 0 bridgehead atoms. The van der Waals surface area contributed by atoms with E-state index in [1.165, 1.54) is 6.92 Å². The van der Waals surface area contributed by atoms with Gasteiger partial charge in [0.2, 0.25) is 0 Å². The van der Waals surface area contributed by atoms with E-state index in [0.29, 0.717) is 16.5 Å².